The molecule has 1 aromatic carbocycles. The summed E-state index contributed by atoms with van der Waals surface area (Å²) in [6.45, 7) is 1.80. The van der Waals surface area contributed by atoms with E-state index in [1.807, 2.05) is 0 Å². The summed E-state index contributed by atoms with van der Waals surface area (Å²) in [7, 11) is 0. The van der Waals surface area contributed by atoms with Crippen molar-refractivity contribution in [3.05, 3.63) is 35.4 Å². The van der Waals surface area contributed by atoms with Crippen LogP contribution in [0.4, 0.5) is 8.78 Å². The Morgan fingerprint density at radius 1 is 1.33 bits per heavy atom. The molecule has 0 saturated carbocycles. The monoisotopic (exact) mass is 215 g/mol. The van der Waals surface area contributed by atoms with E-state index in [9.17, 15) is 13.9 Å². The SMILES string of the molecule is CC(O)(CCN)Cc1c(F)cccc1F. The van der Waals surface area contributed by atoms with Crippen molar-refractivity contribution >= 4 is 0 Å². The number of nitrogens with two attached hydrogens (primary N) is 1. The minimum absolute atomic E-state index is 0.0668. The van der Waals surface area contributed by atoms with E-state index in [1.54, 1.807) is 0 Å². The van der Waals surface area contributed by atoms with Gasteiger partial charge < -0.3 is 10.8 Å². The zero-order valence-electron chi connectivity index (χ0n) is 8.63. The lowest BCUT2D eigenvalue weighted by molar-refractivity contribution is 0.0520. The van der Waals surface area contributed by atoms with Crippen LogP contribution in [0.5, 0.6) is 0 Å². The topological polar surface area (TPSA) is 46.2 Å². The van der Waals surface area contributed by atoms with Gasteiger partial charge in [-0.25, -0.2) is 8.78 Å². The lowest BCUT2D eigenvalue weighted by atomic mass is 9.93. The maximum absolute atomic E-state index is 13.2. The number of hydrogen-bond acceptors (Lipinski definition) is 2. The number of hydrogen-bond donors (Lipinski definition) is 2. The Morgan fingerprint density at radius 3 is 2.33 bits per heavy atom. The van der Waals surface area contributed by atoms with Crippen molar-refractivity contribution in [2.45, 2.75) is 25.4 Å². The van der Waals surface area contributed by atoms with Gasteiger partial charge in [0.25, 0.3) is 0 Å². The molecule has 0 aliphatic heterocycles. The quantitative estimate of drug-likeness (QED) is 0.801. The van der Waals surface area contributed by atoms with Gasteiger partial charge in [0.05, 0.1) is 5.60 Å². The Hall–Kier alpha value is -1.00. The average Bonchev–Trinajstić information content (AvgIpc) is 2.11. The van der Waals surface area contributed by atoms with Crippen molar-refractivity contribution in [2.24, 2.45) is 5.73 Å². The van der Waals surface area contributed by atoms with Crippen molar-refractivity contribution in [3.8, 4) is 0 Å². The first-order chi connectivity index (χ1) is 6.96. The summed E-state index contributed by atoms with van der Waals surface area (Å²) in [6, 6.07) is 3.65. The molecule has 0 aliphatic carbocycles. The van der Waals surface area contributed by atoms with E-state index in [1.165, 1.54) is 25.1 Å². The predicted molar refractivity (Wildman–Crippen MR) is 54.4 cm³/mol. The highest BCUT2D eigenvalue weighted by atomic mass is 19.1. The number of rotatable bonds is 4. The van der Waals surface area contributed by atoms with Crippen LogP contribution in [0.3, 0.4) is 0 Å². The van der Waals surface area contributed by atoms with Crippen LogP contribution >= 0.6 is 0 Å². The molecule has 0 spiro atoms. The second-order valence-corrected chi connectivity index (χ2v) is 3.91. The molecule has 1 rings (SSSR count). The zero-order chi connectivity index (χ0) is 11.5. The molecule has 0 saturated heterocycles. The third kappa shape index (κ3) is 3.25. The molecule has 4 heteroatoms. The van der Waals surface area contributed by atoms with Crippen LogP contribution in [0.1, 0.15) is 18.9 Å². The number of halogens is 2. The molecule has 1 aromatic rings. The highest BCUT2D eigenvalue weighted by molar-refractivity contribution is 5.21. The fraction of sp³-hybridized carbons (Fsp3) is 0.455. The van der Waals surface area contributed by atoms with Crippen LogP contribution in [0.25, 0.3) is 0 Å². The smallest absolute Gasteiger partial charge is 0.129 e. The minimum atomic E-state index is -1.17. The lowest BCUT2D eigenvalue weighted by Gasteiger charge is -2.22. The molecule has 0 radical (unpaired) electrons. The van der Waals surface area contributed by atoms with Crippen LogP contribution in [0.15, 0.2) is 18.2 Å². The summed E-state index contributed by atoms with van der Waals surface area (Å²) in [4.78, 5) is 0. The molecule has 0 amide bonds. The Morgan fingerprint density at radius 2 is 1.87 bits per heavy atom. The van der Waals surface area contributed by atoms with Crippen molar-refractivity contribution in [3.63, 3.8) is 0 Å². The average molecular weight is 215 g/mol. The number of aliphatic hydroxyl groups is 1. The third-order valence-corrected chi connectivity index (χ3v) is 2.30. The second-order valence-electron chi connectivity index (χ2n) is 3.91. The molecule has 1 atom stereocenters. The Labute approximate surface area is 87.7 Å². The Balaban J connectivity index is 2.89. The van der Waals surface area contributed by atoms with E-state index < -0.39 is 17.2 Å². The largest absolute Gasteiger partial charge is 0.390 e. The van der Waals surface area contributed by atoms with Crippen molar-refractivity contribution < 1.29 is 13.9 Å². The Bertz CT molecular complexity index is 319. The van der Waals surface area contributed by atoms with Crippen molar-refractivity contribution in [1.82, 2.24) is 0 Å². The molecular formula is C11H15F2NO. The predicted octanol–water partition coefficient (Wildman–Crippen LogP) is 1.61. The second kappa shape index (κ2) is 4.68. The van der Waals surface area contributed by atoms with Gasteiger partial charge in [-0.3, -0.25) is 0 Å². The van der Waals surface area contributed by atoms with Crippen LogP contribution < -0.4 is 5.73 Å². The van der Waals surface area contributed by atoms with E-state index in [2.05, 4.69) is 0 Å². The maximum atomic E-state index is 13.2. The van der Waals surface area contributed by atoms with E-state index in [0.29, 0.717) is 6.42 Å². The summed E-state index contributed by atoms with van der Waals surface area (Å²) in [5, 5.41) is 9.80. The number of benzene rings is 1. The summed E-state index contributed by atoms with van der Waals surface area (Å²) < 4.78 is 26.5. The molecule has 0 fully saturated rings. The normalized spacial score (nSPS) is 15.0. The molecule has 0 aromatic heterocycles. The summed E-state index contributed by atoms with van der Waals surface area (Å²) in [5.41, 5.74) is 4.04. The van der Waals surface area contributed by atoms with Gasteiger partial charge in [-0.05, 0) is 32.0 Å². The fourth-order valence-electron chi connectivity index (χ4n) is 1.48. The van der Waals surface area contributed by atoms with Crippen LogP contribution in [0, 0.1) is 11.6 Å². The van der Waals surface area contributed by atoms with Crippen LogP contribution in [0.2, 0.25) is 0 Å². The van der Waals surface area contributed by atoms with Gasteiger partial charge in [0.1, 0.15) is 11.6 Å². The van der Waals surface area contributed by atoms with Gasteiger partial charge in [0.2, 0.25) is 0 Å². The van der Waals surface area contributed by atoms with Crippen LogP contribution in [-0.4, -0.2) is 17.3 Å². The van der Waals surface area contributed by atoms with E-state index in [4.69, 9.17) is 5.73 Å². The molecule has 0 bridgehead atoms. The van der Waals surface area contributed by atoms with Gasteiger partial charge in [0.15, 0.2) is 0 Å². The summed E-state index contributed by atoms with van der Waals surface area (Å²) >= 11 is 0. The molecule has 2 nitrogen and oxygen atoms in total. The molecular weight excluding hydrogens is 200 g/mol. The first-order valence-corrected chi connectivity index (χ1v) is 4.81. The first kappa shape index (κ1) is 12.1. The molecule has 0 heterocycles. The minimum Gasteiger partial charge on any atom is -0.390 e. The van der Waals surface area contributed by atoms with E-state index in [0.717, 1.165) is 0 Å². The third-order valence-electron chi connectivity index (χ3n) is 2.30. The molecule has 1 unspecified atom stereocenters. The first-order valence-electron chi connectivity index (χ1n) is 4.81. The summed E-state index contributed by atoms with van der Waals surface area (Å²) in [5.74, 6) is -1.26. The molecule has 3 N–H and O–H groups in total. The van der Waals surface area contributed by atoms with Crippen molar-refractivity contribution in [1.29, 1.82) is 0 Å². The lowest BCUT2D eigenvalue weighted by Crippen LogP contribution is -2.31. The standard InChI is InChI=1S/C11H15F2NO/c1-11(15,5-6-14)7-8-9(12)3-2-4-10(8)13/h2-4,15H,5-7,14H2,1H3. The Kier molecular flexibility index (Phi) is 3.77. The maximum Gasteiger partial charge on any atom is 0.129 e. The van der Waals surface area contributed by atoms with Gasteiger partial charge >= 0.3 is 0 Å². The molecule has 15 heavy (non-hydrogen) atoms. The highest BCUT2D eigenvalue weighted by Gasteiger charge is 2.23. The van der Waals surface area contributed by atoms with Gasteiger partial charge in [-0.1, -0.05) is 6.07 Å². The van der Waals surface area contributed by atoms with Crippen molar-refractivity contribution in [2.75, 3.05) is 6.54 Å². The van der Waals surface area contributed by atoms with Gasteiger partial charge in [0, 0.05) is 12.0 Å². The molecule has 0 aliphatic rings. The molecule has 84 valence electrons. The van der Waals surface area contributed by atoms with Gasteiger partial charge in [-0.15, -0.1) is 0 Å². The van der Waals surface area contributed by atoms with Gasteiger partial charge in [-0.2, -0.15) is 0 Å². The van der Waals surface area contributed by atoms with E-state index in [-0.39, 0.29) is 18.5 Å². The van der Waals surface area contributed by atoms with Crippen LogP contribution in [-0.2, 0) is 6.42 Å². The highest BCUT2D eigenvalue weighted by Crippen LogP contribution is 2.21. The fourth-order valence-corrected chi connectivity index (χ4v) is 1.48. The zero-order valence-corrected chi connectivity index (χ0v) is 8.63. The summed E-state index contributed by atoms with van der Waals surface area (Å²) in [6.07, 6.45) is 0.240. The van der Waals surface area contributed by atoms with E-state index >= 15 is 0 Å².